The molecule has 1 aromatic carbocycles. The van der Waals surface area contributed by atoms with E-state index in [2.05, 4.69) is 15.2 Å². The first-order valence-corrected chi connectivity index (χ1v) is 10.7. The molecule has 0 unspecified atom stereocenters. The van der Waals surface area contributed by atoms with Crippen LogP contribution in [0.3, 0.4) is 0 Å². The lowest BCUT2D eigenvalue weighted by Gasteiger charge is -2.45. The maximum absolute atomic E-state index is 13.2. The van der Waals surface area contributed by atoms with Crippen LogP contribution in [-0.4, -0.2) is 52.8 Å². The van der Waals surface area contributed by atoms with Gasteiger partial charge >= 0.3 is 0 Å². The molecule has 1 N–H and O–H groups in total. The van der Waals surface area contributed by atoms with Gasteiger partial charge in [-0.1, -0.05) is 36.4 Å². The molecular weight excluding hydrogens is 404 g/mol. The molecule has 2 aromatic heterocycles. The fourth-order valence-corrected chi connectivity index (χ4v) is 4.31. The van der Waals surface area contributed by atoms with Gasteiger partial charge in [-0.3, -0.25) is 19.5 Å². The van der Waals surface area contributed by atoms with Crippen molar-refractivity contribution in [1.29, 1.82) is 0 Å². The Balaban J connectivity index is 1.61. The number of nitrogens with one attached hydrogen (secondary N) is 1. The second-order valence-corrected chi connectivity index (χ2v) is 8.26. The van der Waals surface area contributed by atoms with E-state index in [4.69, 9.17) is 4.42 Å². The Morgan fingerprint density at radius 1 is 1.19 bits per heavy atom. The number of likely N-dealkylation sites (N-methyl/N-ethyl adjacent to an activating group) is 1. The molecule has 1 aliphatic heterocycles. The van der Waals surface area contributed by atoms with Crippen LogP contribution in [-0.2, 0) is 11.3 Å². The summed E-state index contributed by atoms with van der Waals surface area (Å²) in [6, 6.07) is 14.9. The summed E-state index contributed by atoms with van der Waals surface area (Å²) in [5.41, 5.74) is 2.50. The van der Waals surface area contributed by atoms with Gasteiger partial charge in [-0.2, -0.15) is 0 Å². The van der Waals surface area contributed by atoms with Crippen LogP contribution in [0.2, 0.25) is 0 Å². The highest BCUT2D eigenvalue weighted by Crippen LogP contribution is 2.31. The zero-order valence-electron chi connectivity index (χ0n) is 18.6. The predicted molar refractivity (Wildman–Crippen MR) is 121 cm³/mol. The minimum Gasteiger partial charge on any atom is -0.466 e. The molecule has 0 radical (unpaired) electrons. The maximum atomic E-state index is 13.2. The second kappa shape index (κ2) is 9.36. The summed E-state index contributed by atoms with van der Waals surface area (Å²) in [6.07, 6.45) is 3.55. The zero-order valence-corrected chi connectivity index (χ0v) is 18.6. The van der Waals surface area contributed by atoms with Gasteiger partial charge in [0.1, 0.15) is 17.6 Å². The highest BCUT2D eigenvalue weighted by Gasteiger charge is 2.40. The molecule has 4 rings (SSSR count). The number of nitrogens with zero attached hydrogens (tertiary/aromatic N) is 3. The molecule has 0 saturated carbocycles. The average Bonchev–Trinajstić information content (AvgIpc) is 3.14. The lowest BCUT2D eigenvalue weighted by atomic mass is 9.97. The van der Waals surface area contributed by atoms with Gasteiger partial charge in [0.05, 0.1) is 5.56 Å². The van der Waals surface area contributed by atoms with E-state index in [1.807, 2.05) is 62.6 Å². The maximum Gasteiger partial charge on any atom is 0.254 e. The fourth-order valence-electron chi connectivity index (χ4n) is 4.31. The van der Waals surface area contributed by atoms with Crippen LogP contribution in [0.5, 0.6) is 0 Å². The van der Waals surface area contributed by atoms with E-state index in [9.17, 15) is 9.59 Å². The largest absolute Gasteiger partial charge is 0.466 e. The van der Waals surface area contributed by atoms with Crippen LogP contribution >= 0.6 is 0 Å². The molecule has 0 aliphatic carbocycles. The Morgan fingerprint density at radius 3 is 2.62 bits per heavy atom. The molecule has 0 bridgehead atoms. The molecule has 3 heterocycles. The summed E-state index contributed by atoms with van der Waals surface area (Å²) in [6.45, 7) is 5.09. The molecule has 7 nitrogen and oxygen atoms in total. The highest BCUT2D eigenvalue weighted by atomic mass is 16.3. The van der Waals surface area contributed by atoms with E-state index in [-0.39, 0.29) is 17.9 Å². The van der Waals surface area contributed by atoms with E-state index >= 15 is 0 Å². The van der Waals surface area contributed by atoms with Crippen LogP contribution in [0.4, 0.5) is 0 Å². The smallest absolute Gasteiger partial charge is 0.254 e. The Labute approximate surface area is 188 Å². The Bertz CT molecular complexity index is 1080. The third-order valence-corrected chi connectivity index (χ3v) is 5.88. The topological polar surface area (TPSA) is 78.7 Å². The van der Waals surface area contributed by atoms with E-state index in [0.717, 1.165) is 11.1 Å². The summed E-state index contributed by atoms with van der Waals surface area (Å²) < 4.78 is 5.50. The number of hydrogen-bond donors (Lipinski definition) is 1. The minimum absolute atomic E-state index is 0.0453. The van der Waals surface area contributed by atoms with Gasteiger partial charge in [-0.15, -0.1) is 0 Å². The Kier molecular flexibility index (Phi) is 6.37. The summed E-state index contributed by atoms with van der Waals surface area (Å²) in [7, 11) is 1.82. The van der Waals surface area contributed by atoms with Crippen LogP contribution in [0.15, 0.2) is 65.3 Å². The molecule has 1 fully saturated rings. The third-order valence-electron chi connectivity index (χ3n) is 5.88. The van der Waals surface area contributed by atoms with Gasteiger partial charge in [0.25, 0.3) is 5.91 Å². The van der Waals surface area contributed by atoms with E-state index in [1.54, 1.807) is 24.1 Å². The lowest BCUT2D eigenvalue weighted by molar-refractivity contribution is -0.144. The molecule has 1 aliphatic rings. The quantitative estimate of drug-likeness (QED) is 0.648. The summed E-state index contributed by atoms with van der Waals surface area (Å²) >= 11 is 0. The van der Waals surface area contributed by atoms with Gasteiger partial charge in [0.2, 0.25) is 5.91 Å². The molecule has 3 aromatic rings. The molecule has 1 saturated heterocycles. The summed E-state index contributed by atoms with van der Waals surface area (Å²) in [4.78, 5) is 34.2. The van der Waals surface area contributed by atoms with Gasteiger partial charge in [-0.25, -0.2) is 0 Å². The first-order chi connectivity index (χ1) is 15.4. The molecule has 0 spiro atoms. The molecule has 32 heavy (non-hydrogen) atoms. The van der Waals surface area contributed by atoms with Crippen LogP contribution in [0, 0.1) is 13.8 Å². The molecule has 2 amide bonds. The van der Waals surface area contributed by atoms with Crippen LogP contribution in [0.1, 0.15) is 39.0 Å². The summed E-state index contributed by atoms with van der Waals surface area (Å²) in [5.74, 6) is 1.18. The van der Waals surface area contributed by atoms with Crippen molar-refractivity contribution < 1.29 is 14.0 Å². The average molecular weight is 433 g/mol. The number of carbonyl (C=O) groups excluding carboxylic acids is 2. The minimum atomic E-state index is -0.435. The SMILES string of the molecule is Cc1cc(C(=O)NC[C@@H]2CN(C)C(=O)[C@H](c3ccccc3)N2Cc2cccnc2)c(C)o1. The van der Waals surface area contributed by atoms with Gasteiger partial charge in [0, 0.05) is 45.1 Å². The van der Waals surface area contributed by atoms with Crippen molar-refractivity contribution in [2.45, 2.75) is 32.5 Å². The van der Waals surface area contributed by atoms with E-state index in [1.165, 1.54) is 0 Å². The molecule has 166 valence electrons. The summed E-state index contributed by atoms with van der Waals surface area (Å²) in [5, 5.41) is 3.05. The van der Waals surface area contributed by atoms with Crippen LogP contribution < -0.4 is 5.32 Å². The van der Waals surface area contributed by atoms with Crippen LogP contribution in [0.25, 0.3) is 0 Å². The monoisotopic (exact) mass is 432 g/mol. The molecular formula is C25H28N4O3. The number of aryl methyl sites for hydroxylation is 2. The van der Waals surface area contributed by atoms with Crippen molar-refractivity contribution in [2.24, 2.45) is 0 Å². The van der Waals surface area contributed by atoms with Crippen molar-refractivity contribution in [1.82, 2.24) is 20.1 Å². The van der Waals surface area contributed by atoms with E-state index < -0.39 is 6.04 Å². The standard InChI is InChI=1S/C25H28N4O3/c1-17-12-22(18(2)32-17)24(30)27-14-21-16-28(3)25(31)23(20-9-5-4-6-10-20)29(21)15-19-8-7-11-26-13-19/h4-13,21,23H,14-16H2,1-3H3,(H,27,30)/t21-,23+/m1/s1. The first-order valence-electron chi connectivity index (χ1n) is 10.7. The van der Waals surface area contributed by atoms with E-state index in [0.29, 0.717) is 36.7 Å². The van der Waals surface area contributed by atoms with Crippen molar-refractivity contribution >= 4 is 11.8 Å². The first kappa shape index (κ1) is 21.8. The Morgan fingerprint density at radius 2 is 1.97 bits per heavy atom. The predicted octanol–water partition coefficient (Wildman–Crippen LogP) is 3.11. The normalized spacial score (nSPS) is 19.2. The van der Waals surface area contributed by atoms with Gasteiger partial charge in [-0.05, 0) is 37.1 Å². The number of pyridine rings is 1. The third kappa shape index (κ3) is 4.57. The van der Waals surface area contributed by atoms with Crippen molar-refractivity contribution in [2.75, 3.05) is 20.1 Å². The zero-order chi connectivity index (χ0) is 22.7. The van der Waals surface area contributed by atoms with Gasteiger partial charge < -0.3 is 14.6 Å². The van der Waals surface area contributed by atoms with Crippen molar-refractivity contribution in [3.8, 4) is 0 Å². The highest BCUT2D eigenvalue weighted by molar-refractivity contribution is 5.95. The molecule has 7 heteroatoms. The number of amides is 2. The number of piperazine rings is 1. The number of aromatic nitrogens is 1. The number of carbonyl (C=O) groups is 2. The fraction of sp³-hybridized carbons (Fsp3) is 0.320. The second-order valence-electron chi connectivity index (χ2n) is 8.26. The number of rotatable bonds is 6. The number of furan rings is 1. The molecule has 2 atom stereocenters. The van der Waals surface area contributed by atoms with Crippen molar-refractivity contribution in [3.05, 3.63) is 89.1 Å². The number of hydrogen-bond acceptors (Lipinski definition) is 5. The van der Waals surface area contributed by atoms with Gasteiger partial charge in [0.15, 0.2) is 0 Å². The van der Waals surface area contributed by atoms with Crippen molar-refractivity contribution in [3.63, 3.8) is 0 Å². The number of benzene rings is 1. The Hall–Kier alpha value is -3.45. The lowest BCUT2D eigenvalue weighted by Crippen LogP contribution is -2.59.